The van der Waals surface area contributed by atoms with Crippen molar-refractivity contribution in [1.82, 2.24) is 19.8 Å². The van der Waals surface area contributed by atoms with Crippen molar-refractivity contribution in [3.63, 3.8) is 0 Å². The predicted octanol–water partition coefficient (Wildman–Crippen LogP) is 1.56. The van der Waals surface area contributed by atoms with Gasteiger partial charge in [0, 0.05) is 31.4 Å². The molecule has 1 atom stereocenters. The maximum absolute atomic E-state index is 13.1. The molecule has 0 bridgehead atoms. The van der Waals surface area contributed by atoms with Gasteiger partial charge in [0.1, 0.15) is 0 Å². The van der Waals surface area contributed by atoms with E-state index in [1.165, 1.54) is 4.57 Å². The summed E-state index contributed by atoms with van der Waals surface area (Å²) in [4.78, 5) is 17.3. The smallest absolute Gasteiger partial charge is 0.351 e. The van der Waals surface area contributed by atoms with Gasteiger partial charge in [-0.05, 0) is 26.2 Å². The van der Waals surface area contributed by atoms with Crippen molar-refractivity contribution in [3.8, 4) is 0 Å². The molecule has 5 nitrogen and oxygen atoms in total. The molecule has 3 heterocycles. The van der Waals surface area contributed by atoms with Crippen molar-refractivity contribution in [3.05, 3.63) is 17.2 Å². The second-order valence-electron chi connectivity index (χ2n) is 6.07. The van der Waals surface area contributed by atoms with Gasteiger partial charge in [0.05, 0.1) is 12.2 Å². The molecule has 0 spiro atoms. The molecular formula is C14H19F3N4O. The topological polar surface area (TPSA) is 50.2 Å². The van der Waals surface area contributed by atoms with Crippen LogP contribution in [0.15, 0.2) is 0 Å². The van der Waals surface area contributed by atoms with Gasteiger partial charge in [-0.1, -0.05) is 0 Å². The number of piperazine rings is 1. The first-order chi connectivity index (χ1) is 10.3. The molecule has 2 aliphatic rings. The minimum Gasteiger partial charge on any atom is -0.351 e. The lowest BCUT2D eigenvalue weighted by atomic mass is 10.1. The molecule has 0 aliphatic carbocycles. The Balaban J connectivity index is 1.87. The first-order valence-corrected chi connectivity index (χ1v) is 7.52. The van der Waals surface area contributed by atoms with Gasteiger partial charge in [0.15, 0.2) is 0 Å². The third-order valence-corrected chi connectivity index (χ3v) is 4.13. The molecule has 8 heteroatoms. The molecule has 1 fully saturated rings. The molecule has 1 saturated heterocycles. The molecular weight excluding hydrogens is 297 g/mol. The highest BCUT2D eigenvalue weighted by molar-refractivity contribution is 5.79. The van der Waals surface area contributed by atoms with Crippen LogP contribution in [0.4, 0.5) is 13.2 Å². The highest BCUT2D eigenvalue weighted by atomic mass is 19.4. The maximum atomic E-state index is 13.1. The van der Waals surface area contributed by atoms with Gasteiger partial charge >= 0.3 is 6.18 Å². The average Bonchev–Trinajstić information content (AvgIpc) is 2.77. The number of nitrogens with one attached hydrogen (secondary N) is 1. The van der Waals surface area contributed by atoms with Gasteiger partial charge in [0.25, 0.3) is 0 Å². The fourth-order valence-electron chi connectivity index (χ4n) is 3.32. The van der Waals surface area contributed by atoms with E-state index >= 15 is 0 Å². The lowest BCUT2D eigenvalue weighted by molar-refractivity contribution is -0.147. The first-order valence-electron chi connectivity index (χ1n) is 7.52. The Morgan fingerprint density at radius 3 is 2.82 bits per heavy atom. The zero-order valence-corrected chi connectivity index (χ0v) is 12.4. The van der Waals surface area contributed by atoms with E-state index in [-0.39, 0.29) is 18.5 Å². The van der Waals surface area contributed by atoms with Crippen LogP contribution in [0.1, 0.15) is 37.0 Å². The largest absolute Gasteiger partial charge is 0.449 e. The molecule has 22 heavy (non-hydrogen) atoms. The van der Waals surface area contributed by atoms with Gasteiger partial charge in [0.2, 0.25) is 11.7 Å². The number of hydrogen-bond acceptors (Lipinski definition) is 3. The number of alkyl halides is 3. The molecule has 3 rings (SSSR count). The second-order valence-corrected chi connectivity index (χ2v) is 6.07. The maximum Gasteiger partial charge on any atom is 0.449 e. The van der Waals surface area contributed by atoms with Gasteiger partial charge in [-0.3, -0.25) is 9.69 Å². The Kier molecular flexibility index (Phi) is 3.88. The Labute approximate surface area is 126 Å². The van der Waals surface area contributed by atoms with E-state index in [9.17, 15) is 18.0 Å². The minimum atomic E-state index is -4.43. The second kappa shape index (κ2) is 5.57. The standard InChI is InChI=1S/C14H19F3N4O/c1-9-6-20(8-12(22)18-9)7-10-11-4-2-3-5-21(11)13(19-10)14(15,16)17/h9H,2-8H2,1H3,(H,18,22). The van der Waals surface area contributed by atoms with Crippen LogP contribution in [-0.2, 0) is 30.5 Å². The number of carbonyl (C=O) groups is 1. The number of nitrogens with zero attached hydrogens (tertiary/aromatic N) is 3. The van der Waals surface area contributed by atoms with Gasteiger partial charge in [-0.2, -0.15) is 13.2 Å². The number of hydrogen-bond donors (Lipinski definition) is 1. The van der Waals surface area contributed by atoms with Crippen LogP contribution in [0.5, 0.6) is 0 Å². The number of fused-ring (bicyclic) bond motifs is 1. The van der Waals surface area contributed by atoms with E-state index in [1.807, 2.05) is 11.8 Å². The van der Waals surface area contributed by atoms with Crippen LogP contribution in [-0.4, -0.2) is 39.5 Å². The molecule has 1 unspecified atom stereocenters. The zero-order chi connectivity index (χ0) is 15.9. The first kappa shape index (κ1) is 15.3. The van der Waals surface area contributed by atoms with Crippen molar-refractivity contribution >= 4 is 5.91 Å². The normalized spacial score (nSPS) is 23.3. The average molecular weight is 316 g/mol. The van der Waals surface area contributed by atoms with Crippen molar-refractivity contribution < 1.29 is 18.0 Å². The lowest BCUT2D eigenvalue weighted by Gasteiger charge is -2.31. The third-order valence-electron chi connectivity index (χ3n) is 4.13. The van der Waals surface area contributed by atoms with Crippen molar-refractivity contribution in [2.24, 2.45) is 0 Å². The summed E-state index contributed by atoms with van der Waals surface area (Å²) in [7, 11) is 0. The number of halogens is 3. The zero-order valence-electron chi connectivity index (χ0n) is 12.4. The molecule has 0 aromatic carbocycles. The fourth-order valence-corrected chi connectivity index (χ4v) is 3.32. The van der Waals surface area contributed by atoms with Crippen LogP contribution in [0.25, 0.3) is 0 Å². The molecule has 122 valence electrons. The summed E-state index contributed by atoms with van der Waals surface area (Å²) in [6.45, 7) is 3.38. The molecule has 1 aromatic rings. The monoisotopic (exact) mass is 316 g/mol. The summed E-state index contributed by atoms with van der Waals surface area (Å²) >= 11 is 0. The van der Waals surface area contributed by atoms with E-state index in [1.54, 1.807) is 0 Å². The number of rotatable bonds is 2. The van der Waals surface area contributed by atoms with Crippen molar-refractivity contribution in [2.75, 3.05) is 13.1 Å². The van der Waals surface area contributed by atoms with Crippen molar-refractivity contribution in [2.45, 2.75) is 51.5 Å². The summed E-state index contributed by atoms with van der Waals surface area (Å²) in [5.74, 6) is -0.894. The quantitative estimate of drug-likeness (QED) is 0.901. The molecule has 1 aromatic heterocycles. The summed E-state index contributed by atoms with van der Waals surface area (Å²) in [5.41, 5.74) is 1.14. The van der Waals surface area contributed by atoms with Crippen LogP contribution >= 0.6 is 0 Å². The highest BCUT2D eigenvalue weighted by Gasteiger charge is 2.39. The van der Waals surface area contributed by atoms with Crippen molar-refractivity contribution in [1.29, 1.82) is 0 Å². The molecule has 1 amide bonds. The van der Waals surface area contributed by atoms with Gasteiger partial charge in [-0.25, -0.2) is 4.98 Å². The molecule has 0 saturated carbocycles. The summed E-state index contributed by atoms with van der Waals surface area (Å²) in [6, 6.07) is 0.00165. The summed E-state index contributed by atoms with van der Waals surface area (Å²) in [5, 5.41) is 2.80. The van der Waals surface area contributed by atoms with E-state index in [4.69, 9.17) is 0 Å². The molecule has 0 radical (unpaired) electrons. The molecule has 2 aliphatic heterocycles. The van der Waals surface area contributed by atoms with E-state index < -0.39 is 12.0 Å². The predicted molar refractivity (Wildman–Crippen MR) is 73.0 cm³/mol. The SMILES string of the molecule is CC1CN(Cc2nc(C(F)(F)F)n3c2CCCC3)CC(=O)N1. The van der Waals surface area contributed by atoms with Crippen LogP contribution < -0.4 is 5.32 Å². The summed E-state index contributed by atoms with van der Waals surface area (Å²) in [6.07, 6.45) is -2.19. The minimum absolute atomic E-state index is 0.00165. The number of amides is 1. The Hall–Kier alpha value is -1.57. The Bertz CT molecular complexity index is 581. The Morgan fingerprint density at radius 1 is 1.36 bits per heavy atom. The fraction of sp³-hybridized carbons (Fsp3) is 0.714. The third kappa shape index (κ3) is 2.97. The number of imidazole rings is 1. The molecule has 1 N–H and O–H groups in total. The van der Waals surface area contributed by atoms with E-state index in [0.29, 0.717) is 37.4 Å². The van der Waals surface area contributed by atoms with Crippen LogP contribution in [0.3, 0.4) is 0 Å². The number of aromatic nitrogens is 2. The van der Waals surface area contributed by atoms with Gasteiger partial charge in [-0.15, -0.1) is 0 Å². The number of carbonyl (C=O) groups excluding carboxylic acids is 1. The lowest BCUT2D eigenvalue weighted by Crippen LogP contribution is -2.52. The van der Waals surface area contributed by atoms with E-state index in [0.717, 1.165) is 12.8 Å². The van der Waals surface area contributed by atoms with Crippen LogP contribution in [0, 0.1) is 0 Å². The highest BCUT2D eigenvalue weighted by Crippen LogP contribution is 2.33. The Morgan fingerprint density at radius 2 is 2.14 bits per heavy atom. The summed E-state index contributed by atoms with van der Waals surface area (Å²) < 4.78 is 40.7. The van der Waals surface area contributed by atoms with E-state index in [2.05, 4.69) is 10.3 Å². The van der Waals surface area contributed by atoms with Gasteiger partial charge < -0.3 is 9.88 Å². The van der Waals surface area contributed by atoms with Crippen LogP contribution in [0.2, 0.25) is 0 Å².